The summed E-state index contributed by atoms with van der Waals surface area (Å²) in [5.74, 6) is 0.478. The van der Waals surface area contributed by atoms with E-state index >= 15 is 0 Å². The van der Waals surface area contributed by atoms with E-state index in [1.165, 1.54) is 12.3 Å². The molecule has 19 heavy (non-hydrogen) atoms. The Morgan fingerprint density at radius 2 is 2.11 bits per heavy atom. The van der Waals surface area contributed by atoms with Crippen molar-refractivity contribution >= 4 is 37.8 Å². The molecule has 0 unspecified atom stereocenters. The fourth-order valence-corrected chi connectivity index (χ4v) is 2.92. The highest BCUT2D eigenvalue weighted by atomic mass is 79.9. The summed E-state index contributed by atoms with van der Waals surface area (Å²) >= 11 is 3.17. The third-order valence-corrected chi connectivity index (χ3v) is 3.86. The Morgan fingerprint density at radius 3 is 2.68 bits per heavy atom. The highest BCUT2D eigenvalue weighted by molar-refractivity contribution is 9.10. The zero-order chi connectivity index (χ0) is 14.0. The first-order chi connectivity index (χ1) is 8.92. The summed E-state index contributed by atoms with van der Waals surface area (Å²) in [5, 5.41) is 9.82. The Bertz CT molecular complexity index is 700. The van der Waals surface area contributed by atoms with E-state index < -0.39 is 10.0 Å². The number of sulfonamides is 1. The van der Waals surface area contributed by atoms with Gasteiger partial charge in [0, 0.05) is 24.6 Å². The molecule has 2 heterocycles. The van der Waals surface area contributed by atoms with E-state index in [9.17, 15) is 8.42 Å². The predicted octanol–water partition coefficient (Wildman–Crippen LogP) is 1.38. The van der Waals surface area contributed by atoms with Crippen molar-refractivity contribution in [3.05, 3.63) is 22.6 Å². The summed E-state index contributed by atoms with van der Waals surface area (Å²) in [5.41, 5.74) is 0. The standard InChI is InChI=1S/C9H10BrN5O3S/c1-5-13-14-9(18-5)15-19(16,17)7-3-6(10)4-12-8(7)11-2/h3-4H,1-2H3,(H,11,12)(H,14,15). The molecule has 2 aromatic heterocycles. The van der Waals surface area contributed by atoms with Gasteiger partial charge in [0.2, 0.25) is 5.89 Å². The number of pyridine rings is 1. The third-order valence-electron chi connectivity index (χ3n) is 2.09. The van der Waals surface area contributed by atoms with E-state index in [2.05, 4.69) is 41.2 Å². The van der Waals surface area contributed by atoms with Crippen LogP contribution in [0.1, 0.15) is 5.89 Å². The monoisotopic (exact) mass is 347 g/mol. The molecule has 0 saturated heterocycles. The highest BCUT2D eigenvalue weighted by Crippen LogP contribution is 2.24. The molecule has 0 bridgehead atoms. The Hall–Kier alpha value is -1.68. The first-order valence-electron chi connectivity index (χ1n) is 5.08. The SMILES string of the molecule is CNc1ncc(Br)cc1S(=O)(=O)Nc1nnc(C)o1. The second-order valence-electron chi connectivity index (χ2n) is 3.48. The molecule has 0 aliphatic carbocycles. The van der Waals surface area contributed by atoms with Crippen molar-refractivity contribution in [2.24, 2.45) is 0 Å². The van der Waals surface area contributed by atoms with Crippen LogP contribution in [-0.2, 0) is 10.0 Å². The van der Waals surface area contributed by atoms with Gasteiger partial charge in [-0.05, 0) is 22.0 Å². The number of hydrogen-bond acceptors (Lipinski definition) is 7. The molecular formula is C9H10BrN5O3S. The molecule has 0 aromatic carbocycles. The molecule has 2 rings (SSSR count). The van der Waals surface area contributed by atoms with Gasteiger partial charge in [-0.3, -0.25) is 0 Å². The molecule has 10 heteroatoms. The van der Waals surface area contributed by atoms with Crippen LogP contribution in [0, 0.1) is 6.92 Å². The van der Waals surface area contributed by atoms with Gasteiger partial charge in [0.15, 0.2) is 0 Å². The van der Waals surface area contributed by atoms with Gasteiger partial charge >= 0.3 is 6.01 Å². The lowest BCUT2D eigenvalue weighted by Gasteiger charge is -2.09. The average Bonchev–Trinajstić information content (AvgIpc) is 2.74. The van der Waals surface area contributed by atoms with Gasteiger partial charge in [-0.1, -0.05) is 5.10 Å². The van der Waals surface area contributed by atoms with E-state index in [0.29, 0.717) is 4.47 Å². The van der Waals surface area contributed by atoms with Crippen LogP contribution < -0.4 is 10.0 Å². The van der Waals surface area contributed by atoms with Crippen LogP contribution >= 0.6 is 15.9 Å². The number of nitrogens with zero attached hydrogens (tertiary/aromatic N) is 3. The Morgan fingerprint density at radius 1 is 1.37 bits per heavy atom. The van der Waals surface area contributed by atoms with Gasteiger partial charge in [0.1, 0.15) is 10.7 Å². The fraction of sp³-hybridized carbons (Fsp3) is 0.222. The molecule has 102 valence electrons. The molecule has 8 nitrogen and oxygen atoms in total. The fourth-order valence-electron chi connectivity index (χ4n) is 1.32. The summed E-state index contributed by atoms with van der Waals surface area (Å²) < 4.78 is 32.1. The van der Waals surface area contributed by atoms with Gasteiger partial charge in [0.25, 0.3) is 10.0 Å². The first kappa shape index (κ1) is 13.7. The van der Waals surface area contributed by atoms with Gasteiger partial charge in [-0.2, -0.15) is 0 Å². The molecule has 0 fully saturated rings. The number of rotatable bonds is 4. The van der Waals surface area contributed by atoms with E-state index in [4.69, 9.17) is 4.42 Å². The molecule has 2 N–H and O–H groups in total. The molecule has 0 radical (unpaired) electrons. The average molecular weight is 348 g/mol. The van der Waals surface area contributed by atoms with Crippen LogP contribution in [0.5, 0.6) is 0 Å². The summed E-state index contributed by atoms with van der Waals surface area (Å²) in [6, 6.07) is 1.23. The van der Waals surface area contributed by atoms with Crippen molar-refractivity contribution in [1.82, 2.24) is 15.2 Å². The maximum Gasteiger partial charge on any atom is 0.329 e. The lowest BCUT2D eigenvalue weighted by atomic mass is 10.4. The second-order valence-corrected chi connectivity index (χ2v) is 6.05. The van der Waals surface area contributed by atoms with Crippen molar-refractivity contribution < 1.29 is 12.8 Å². The van der Waals surface area contributed by atoms with E-state index in [-0.39, 0.29) is 22.6 Å². The Balaban J connectivity index is 2.41. The first-order valence-corrected chi connectivity index (χ1v) is 7.36. The highest BCUT2D eigenvalue weighted by Gasteiger charge is 2.22. The van der Waals surface area contributed by atoms with Crippen molar-refractivity contribution in [3.8, 4) is 0 Å². The van der Waals surface area contributed by atoms with Crippen LogP contribution in [0.25, 0.3) is 0 Å². The molecule has 2 aromatic rings. The van der Waals surface area contributed by atoms with E-state index in [1.807, 2.05) is 0 Å². The Labute approximate surface area is 117 Å². The van der Waals surface area contributed by atoms with Crippen LogP contribution in [-0.4, -0.2) is 30.6 Å². The number of hydrogen-bond donors (Lipinski definition) is 2. The minimum Gasteiger partial charge on any atom is -0.408 e. The number of aromatic nitrogens is 3. The third kappa shape index (κ3) is 3.01. The van der Waals surface area contributed by atoms with Crippen molar-refractivity contribution in [2.75, 3.05) is 17.1 Å². The predicted molar refractivity (Wildman–Crippen MR) is 71.3 cm³/mol. The second kappa shape index (κ2) is 5.13. The molecule has 0 atom stereocenters. The zero-order valence-corrected chi connectivity index (χ0v) is 12.4. The lowest BCUT2D eigenvalue weighted by molar-refractivity contribution is 0.534. The lowest BCUT2D eigenvalue weighted by Crippen LogP contribution is -2.15. The number of nitrogens with one attached hydrogen (secondary N) is 2. The van der Waals surface area contributed by atoms with E-state index in [1.54, 1.807) is 14.0 Å². The molecule has 0 saturated carbocycles. The Kier molecular flexibility index (Phi) is 3.71. The van der Waals surface area contributed by atoms with Crippen LogP contribution in [0.4, 0.5) is 11.8 Å². The quantitative estimate of drug-likeness (QED) is 0.859. The van der Waals surface area contributed by atoms with Crippen molar-refractivity contribution in [1.29, 1.82) is 0 Å². The van der Waals surface area contributed by atoms with Crippen LogP contribution in [0.2, 0.25) is 0 Å². The summed E-state index contributed by atoms with van der Waals surface area (Å²) in [6.07, 6.45) is 1.49. The minimum atomic E-state index is -3.87. The van der Waals surface area contributed by atoms with Crippen molar-refractivity contribution in [2.45, 2.75) is 11.8 Å². The van der Waals surface area contributed by atoms with Gasteiger partial charge in [0.05, 0.1) is 0 Å². The van der Waals surface area contributed by atoms with Crippen LogP contribution in [0.3, 0.4) is 0 Å². The zero-order valence-electron chi connectivity index (χ0n) is 10.0. The van der Waals surface area contributed by atoms with Crippen LogP contribution in [0.15, 0.2) is 26.0 Å². The topological polar surface area (TPSA) is 110 Å². The number of halogens is 1. The van der Waals surface area contributed by atoms with Gasteiger partial charge in [-0.25, -0.2) is 18.1 Å². The molecule has 0 spiro atoms. The smallest absolute Gasteiger partial charge is 0.329 e. The number of aryl methyl sites for hydroxylation is 1. The van der Waals surface area contributed by atoms with Gasteiger partial charge < -0.3 is 9.73 Å². The molecule has 0 aliphatic rings. The number of anilines is 2. The molecular weight excluding hydrogens is 338 g/mol. The largest absolute Gasteiger partial charge is 0.408 e. The molecule has 0 amide bonds. The van der Waals surface area contributed by atoms with Crippen molar-refractivity contribution in [3.63, 3.8) is 0 Å². The normalized spacial score (nSPS) is 11.3. The van der Waals surface area contributed by atoms with Gasteiger partial charge in [-0.15, -0.1) is 5.10 Å². The summed E-state index contributed by atoms with van der Waals surface area (Å²) in [7, 11) is -2.29. The summed E-state index contributed by atoms with van der Waals surface area (Å²) in [6.45, 7) is 1.56. The molecule has 0 aliphatic heterocycles. The maximum atomic E-state index is 12.2. The summed E-state index contributed by atoms with van der Waals surface area (Å²) in [4.78, 5) is 3.94. The maximum absolute atomic E-state index is 12.2. The minimum absolute atomic E-state index is 0.0276. The van der Waals surface area contributed by atoms with E-state index in [0.717, 1.165) is 0 Å².